The fraction of sp³-hybridized carbons (Fsp3) is 0.500. The van der Waals surface area contributed by atoms with Crippen LogP contribution in [-0.4, -0.2) is 46.9 Å². The number of aromatic nitrogens is 1. The van der Waals surface area contributed by atoms with E-state index in [-0.39, 0.29) is 42.7 Å². The number of carbonyl (C=O) groups is 1. The summed E-state index contributed by atoms with van der Waals surface area (Å²) in [5.74, 6) is -0.0578. The normalized spacial score (nSPS) is 16.6. The summed E-state index contributed by atoms with van der Waals surface area (Å²) in [4.78, 5) is 21.8. The number of aryl methyl sites for hydroxylation is 1. The van der Waals surface area contributed by atoms with Crippen molar-refractivity contribution in [3.8, 4) is 0 Å². The van der Waals surface area contributed by atoms with Crippen LogP contribution in [0.4, 0.5) is 0 Å². The lowest BCUT2D eigenvalue weighted by Gasteiger charge is -2.36. The summed E-state index contributed by atoms with van der Waals surface area (Å²) in [6, 6.07) is 9.62. The van der Waals surface area contributed by atoms with Crippen molar-refractivity contribution in [1.82, 2.24) is 14.8 Å². The first-order valence-corrected chi connectivity index (χ1v) is 10.2. The van der Waals surface area contributed by atoms with Gasteiger partial charge in [0, 0.05) is 44.1 Å². The molecule has 156 valence electrons. The largest absolute Gasteiger partial charge is 0.340 e. The SMILES string of the molecule is CCc1nc(CN2CCN(C(=O)C(C)C(N)c3ccccc3)CC2)cs1.Cl.Cl. The number of hydrogen-bond acceptors (Lipinski definition) is 5. The van der Waals surface area contributed by atoms with E-state index in [2.05, 4.69) is 22.2 Å². The number of nitrogens with zero attached hydrogens (tertiary/aromatic N) is 3. The molecule has 5 nitrogen and oxygen atoms in total. The number of nitrogens with two attached hydrogens (primary N) is 1. The van der Waals surface area contributed by atoms with E-state index in [4.69, 9.17) is 5.73 Å². The Morgan fingerprint density at radius 1 is 1.18 bits per heavy atom. The van der Waals surface area contributed by atoms with E-state index in [1.165, 1.54) is 5.01 Å². The van der Waals surface area contributed by atoms with E-state index < -0.39 is 0 Å². The van der Waals surface area contributed by atoms with Gasteiger partial charge in [0.05, 0.1) is 16.6 Å². The van der Waals surface area contributed by atoms with Crippen molar-refractivity contribution < 1.29 is 4.79 Å². The van der Waals surface area contributed by atoms with E-state index in [1.54, 1.807) is 11.3 Å². The van der Waals surface area contributed by atoms with Gasteiger partial charge in [0.2, 0.25) is 5.91 Å². The first-order chi connectivity index (χ1) is 12.6. The number of halogens is 2. The lowest BCUT2D eigenvalue weighted by Crippen LogP contribution is -2.50. The average molecular weight is 445 g/mol. The Kier molecular flexibility index (Phi) is 10.4. The van der Waals surface area contributed by atoms with Crippen LogP contribution < -0.4 is 5.73 Å². The lowest BCUT2D eigenvalue weighted by molar-refractivity contribution is -0.137. The van der Waals surface area contributed by atoms with Crippen LogP contribution in [0.1, 0.15) is 36.2 Å². The van der Waals surface area contributed by atoms with E-state index in [0.29, 0.717) is 0 Å². The van der Waals surface area contributed by atoms with E-state index in [9.17, 15) is 4.79 Å². The monoisotopic (exact) mass is 444 g/mol. The van der Waals surface area contributed by atoms with Crippen molar-refractivity contribution in [1.29, 1.82) is 0 Å². The zero-order valence-electron chi connectivity index (χ0n) is 16.4. The van der Waals surface area contributed by atoms with Crippen LogP contribution in [0, 0.1) is 5.92 Å². The number of hydrogen-bond donors (Lipinski definition) is 1. The molecule has 2 aromatic rings. The molecule has 1 amide bonds. The predicted octanol–water partition coefficient (Wildman–Crippen LogP) is 3.53. The second-order valence-electron chi connectivity index (χ2n) is 6.91. The fourth-order valence-electron chi connectivity index (χ4n) is 3.34. The standard InChI is InChI=1S/C20H28N4OS.2ClH/c1-3-18-22-17(14-26-18)13-23-9-11-24(12-10-23)20(25)15(2)19(21)16-7-5-4-6-8-16;;/h4-8,14-15,19H,3,9-13,21H2,1-2H3;2*1H. The lowest BCUT2D eigenvalue weighted by atomic mass is 9.94. The number of carbonyl (C=O) groups excluding carboxylic acids is 1. The van der Waals surface area contributed by atoms with Gasteiger partial charge >= 0.3 is 0 Å². The highest BCUT2D eigenvalue weighted by atomic mass is 35.5. The third-order valence-corrected chi connectivity index (χ3v) is 6.13. The fourth-order valence-corrected chi connectivity index (χ4v) is 4.08. The molecule has 0 saturated carbocycles. The Labute approximate surface area is 184 Å². The third kappa shape index (κ3) is 6.16. The predicted molar refractivity (Wildman–Crippen MR) is 120 cm³/mol. The zero-order valence-corrected chi connectivity index (χ0v) is 18.9. The summed E-state index contributed by atoms with van der Waals surface area (Å²) in [7, 11) is 0. The van der Waals surface area contributed by atoms with Crippen molar-refractivity contribution in [2.45, 2.75) is 32.9 Å². The van der Waals surface area contributed by atoms with Gasteiger partial charge in [-0.3, -0.25) is 9.69 Å². The second-order valence-corrected chi connectivity index (χ2v) is 7.86. The molecule has 1 aliphatic heterocycles. The van der Waals surface area contributed by atoms with Crippen LogP contribution in [0.5, 0.6) is 0 Å². The van der Waals surface area contributed by atoms with Gasteiger partial charge in [-0.2, -0.15) is 0 Å². The van der Waals surface area contributed by atoms with Gasteiger partial charge in [-0.05, 0) is 12.0 Å². The highest BCUT2D eigenvalue weighted by molar-refractivity contribution is 7.09. The Balaban J connectivity index is 0.00000196. The van der Waals surface area contributed by atoms with Gasteiger partial charge in [0.15, 0.2) is 0 Å². The third-order valence-electron chi connectivity index (χ3n) is 5.08. The minimum absolute atomic E-state index is 0. The van der Waals surface area contributed by atoms with Crippen LogP contribution >= 0.6 is 36.2 Å². The van der Waals surface area contributed by atoms with Crippen LogP contribution in [0.15, 0.2) is 35.7 Å². The van der Waals surface area contributed by atoms with E-state index >= 15 is 0 Å². The molecule has 28 heavy (non-hydrogen) atoms. The van der Waals surface area contributed by atoms with Crippen molar-refractivity contribution in [2.75, 3.05) is 26.2 Å². The summed E-state index contributed by atoms with van der Waals surface area (Å²) >= 11 is 1.73. The molecule has 2 N–H and O–H groups in total. The average Bonchev–Trinajstić information content (AvgIpc) is 3.15. The smallest absolute Gasteiger partial charge is 0.227 e. The van der Waals surface area contributed by atoms with Gasteiger partial charge in [-0.1, -0.05) is 44.2 Å². The molecule has 2 atom stereocenters. The van der Waals surface area contributed by atoms with Crippen molar-refractivity contribution in [2.24, 2.45) is 11.7 Å². The van der Waals surface area contributed by atoms with Crippen molar-refractivity contribution in [3.63, 3.8) is 0 Å². The molecule has 0 bridgehead atoms. The Morgan fingerprint density at radius 2 is 1.82 bits per heavy atom. The maximum Gasteiger partial charge on any atom is 0.227 e. The molecular formula is C20H30Cl2N4OS. The molecule has 0 aliphatic carbocycles. The molecule has 2 unspecified atom stereocenters. The van der Waals surface area contributed by atoms with Crippen molar-refractivity contribution in [3.05, 3.63) is 52.0 Å². The van der Waals surface area contributed by atoms with Crippen molar-refractivity contribution >= 4 is 42.1 Å². The Morgan fingerprint density at radius 3 is 2.39 bits per heavy atom. The van der Waals surface area contributed by atoms with Crippen LogP contribution in [0.25, 0.3) is 0 Å². The highest BCUT2D eigenvalue weighted by Gasteiger charge is 2.29. The van der Waals surface area contributed by atoms with Crippen LogP contribution in [0.3, 0.4) is 0 Å². The molecule has 3 rings (SSSR count). The zero-order chi connectivity index (χ0) is 18.5. The van der Waals surface area contributed by atoms with Crippen LogP contribution in [0.2, 0.25) is 0 Å². The number of amides is 1. The topological polar surface area (TPSA) is 62.5 Å². The van der Waals surface area contributed by atoms with Gasteiger partial charge in [-0.25, -0.2) is 4.98 Å². The summed E-state index contributed by atoms with van der Waals surface area (Å²) in [6.07, 6.45) is 0.993. The highest BCUT2D eigenvalue weighted by Crippen LogP contribution is 2.22. The molecule has 0 radical (unpaired) electrons. The number of thiazole rings is 1. The van der Waals surface area contributed by atoms with Gasteiger partial charge < -0.3 is 10.6 Å². The maximum atomic E-state index is 12.8. The first kappa shape index (κ1) is 24.9. The van der Waals surface area contributed by atoms with E-state index in [0.717, 1.165) is 50.4 Å². The maximum absolute atomic E-state index is 12.8. The minimum atomic E-state index is -0.260. The quantitative estimate of drug-likeness (QED) is 0.739. The summed E-state index contributed by atoms with van der Waals surface area (Å²) in [5.41, 5.74) is 8.49. The molecule has 1 fully saturated rings. The van der Waals surface area contributed by atoms with Gasteiger partial charge in [0.1, 0.15) is 0 Å². The molecule has 0 spiro atoms. The Hall–Kier alpha value is -1.18. The molecule has 1 saturated heterocycles. The molecular weight excluding hydrogens is 415 g/mol. The summed E-state index contributed by atoms with van der Waals surface area (Å²) < 4.78 is 0. The molecule has 2 heterocycles. The number of rotatable bonds is 6. The Bertz CT molecular complexity index is 720. The summed E-state index contributed by atoms with van der Waals surface area (Å²) in [6.45, 7) is 8.24. The minimum Gasteiger partial charge on any atom is -0.340 e. The first-order valence-electron chi connectivity index (χ1n) is 9.33. The van der Waals surface area contributed by atoms with Crippen LogP contribution in [-0.2, 0) is 17.8 Å². The second kappa shape index (κ2) is 11.7. The number of benzene rings is 1. The number of piperazine rings is 1. The van der Waals surface area contributed by atoms with Gasteiger partial charge in [0.25, 0.3) is 0 Å². The molecule has 8 heteroatoms. The van der Waals surface area contributed by atoms with E-state index in [1.807, 2.05) is 42.2 Å². The molecule has 1 aromatic heterocycles. The molecule has 1 aromatic carbocycles. The summed E-state index contributed by atoms with van der Waals surface area (Å²) in [5, 5.41) is 3.34. The van der Waals surface area contributed by atoms with Gasteiger partial charge in [-0.15, -0.1) is 36.2 Å². The molecule has 1 aliphatic rings.